The quantitative estimate of drug-likeness (QED) is 0.310. The van der Waals surface area contributed by atoms with Crippen molar-refractivity contribution in [2.24, 2.45) is 10.8 Å². The lowest BCUT2D eigenvalue weighted by atomic mass is 10.3. The van der Waals surface area contributed by atoms with Gasteiger partial charge in [-0.1, -0.05) is 6.92 Å². The van der Waals surface area contributed by atoms with Crippen LogP contribution in [0.25, 0.3) is 0 Å². The van der Waals surface area contributed by atoms with Gasteiger partial charge in [-0.15, -0.1) is 0 Å². The Morgan fingerprint density at radius 1 is 1.82 bits per heavy atom. The average molecular weight is 175 g/mol. The van der Waals surface area contributed by atoms with Crippen LogP contribution in [-0.2, 0) is 4.79 Å². The fourth-order valence-corrected chi connectivity index (χ4v) is 0.446. The molecule has 0 aliphatic carbocycles. The summed E-state index contributed by atoms with van der Waals surface area (Å²) in [6.07, 6.45) is 0.324. The van der Waals surface area contributed by atoms with Crippen molar-refractivity contribution < 1.29 is 9.90 Å². The second-order valence-electron chi connectivity index (χ2n) is 1.69. The summed E-state index contributed by atoms with van der Waals surface area (Å²) in [7, 11) is 0. The molecule has 5 nitrogen and oxygen atoms in total. The third-order valence-electron chi connectivity index (χ3n) is 0.883. The number of nitrogens with zero attached hydrogens (tertiary/aromatic N) is 1. The van der Waals surface area contributed by atoms with E-state index >= 15 is 0 Å². The summed E-state index contributed by atoms with van der Waals surface area (Å²) in [5.74, 6) is -1.07. The monoisotopic (exact) mass is 175 g/mol. The number of nitrogens with two attached hydrogens (primary N) is 1. The van der Waals surface area contributed by atoms with Crippen molar-refractivity contribution in [3.05, 3.63) is 0 Å². The summed E-state index contributed by atoms with van der Waals surface area (Å²) >= 11 is 4.42. The molecule has 0 unspecified atom stereocenters. The molecule has 0 heterocycles. The summed E-state index contributed by atoms with van der Waals surface area (Å²) in [5, 5.41) is 11.8. The Morgan fingerprint density at radius 3 is 2.64 bits per heavy atom. The Balaban J connectivity index is 4.13. The van der Waals surface area contributed by atoms with Gasteiger partial charge in [-0.25, -0.2) is 4.79 Å². The van der Waals surface area contributed by atoms with Crippen LogP contribution in [-0.4, -0.2) is 21.9 Å². The van der Waals surface area contributed by atoms with Crippen molar-refractivity contribution in [2.75, 3.05) is 0 Å². The second-order valence-corrected chi connectivity index (χ2v) is 2.13. The molecule has 6 heteroatoms. The maximum atomic E-state index is 10.3. The van der Waals surface area contributed by atoms with Gasteiger partial charge in [0.15, 0.2) is 5.11 Å². The van der Waals surface area contributed by atoms with Crippen LogP contribution in [0.2, 0.25) is 0 Å². The zero-order valence-corrected chi connectivity index (χ0v) is 6.81. The first-order valence-corrected chi connectivity index (χ1v) is 3.34. The van der Waals surface area contributed by atoms with E-state index in [1.165, 1.54) is 0 Å². The van der Waals surface area contributed by atoms with Crippen molar-refractivity contribution in [3.8, 4) is 0 Å². The zero-order chi connectivity index (χ0) is 8.85. The molecule has 0 aromatic rings. The van der Waals surface area contributed by atoms with E-state index in [4.69, 9.17) is 10.8 Å². The number of hydrogen-bond donors (Lipinski definition) is 3. The predicted molar refractivity (Wildman–Crippen MR) is 45.3 cm³/mol. The van der Waals surface area contributed by atoms with Crippen LogP contribution in [0.15, 0.2) is 5.10 Å². The molecule has 0 amide bonds. The van der Waals surface area contributed by atoms with Crippen molar-refractivity contribution in [1.82, 2.24) is 5.43 Å². The van der Waals surface area contributed by atoms with Crippen molar-refractivity contribution >= 4 is 29.0 Å². The Labute approximate surface area is 69.3 Å². The molecule has 0 saturated carbocycles. The molecule has 0 spiro atoms. The van der Waals surface area contributed by atoms with Gasteiger partial charge in [0.05, 0.1) is 0 Å². The molecule has 0 aliphatic rings. The van der Waals surface area contributed by atoms with Crippen LogP contribution in [0.1, 0.15) is 13.3 Å². The number of carboxylic acids is 1. The largest absolute Gasteiger partial charge is 0.477 e. The molecule has 0 aromatic heterocycles. The molecule has 4 N–H and O–H groups in total. The fourth-order valence-electron chi connectivity index (χ4n) is 0.401. The minimum Gasteiger partial charge on any atom is -0.477 e. The highest BCUT2D eigenvalue weighted by Gasteiger charge is 2.05. The fraction of sp³-hybridized carbons (Fsp3) is 0.400. The zero-order valence-electron chi connectivity index (χ0n) is 6.00. The minimum atomic E-state index is -1.07. The first-order chi connectivity index (χ1) is 5.07. The lowest BCUT2D eigenvalue weighted by Gasteiger charge is -1.97. The van der Waals surface area contributed by atoms with Crippen molar-refractivity contribution in [2.45, 2.75) is 13.3 Å². The van der Waals surface area contributed by atoms with E-state index in [1.807, 2.05) is 0 Å². The normalized spacial score (nSPS) is 10.8. The van der Waals surface area contributed by atoms with Crippen LogP contribution in [0.5, 0.6) is 0 Å². The van der Waals surface area contributed by atoms with Crippen molar-refractivity contribution in [3.63, 3.8) is 0 Å². The van der Waals surface area contributed by atoms with E-state index in [9.17, 15) is 4.79 Å². The molecular formula is C5H9N3O2S. The average Bonchev–Trinajstić information content (AvgIpc) is 1.87. The van der Waals surface area contributed by atoms with E-state index in [2.05, 4.69) is 22.7 Å². The van der Waals surface area contributed by atoms with Gasteiger partial charge in [-0.2, -0.15) is 5.10 Å². The summed E-state index contributed by atoms with van der Waals surface area (Å²) < 4.78 is 0. The van der Waals surface area contributed by atoms with Gasteiger partial charge >= 0.3 is 5.97 Å². The lowest BCUT2D eigenvalue weighted by molar-refractivity contribution is -0.129. The Morgan fingerprint density at radius 2 is 2.36 bits per heavy atom. The van der Waals surface area contributed by atoms with Crippen molar-refractivity contribution in [1.29, 1.82) is 0 Å². The number of hydrazone groups is 1. The van der Waals surface area contributed by atoms with E-state index in [1.54, 1.807) is 6.92 Å². The van der Waals surface area contributed by atoms with Gasteiger partial charge in [-0.3, -0.25) is 5.43 Å². The molecule has 11 heavy (non-hydrogen) atoms. The van der Waals surface area contributed by atoms with Gasteiger partial charge < -0.3 is 10.8 Å². The highest BCUT2D eigenvalue weighted by atomic mass is 32.1. The molecule has 0 fully saturated rings. The van der Waals surface area contributed by atoms with Gasteiger partial charge in [0.1, 0.15) is 5.71 Å². The van der Waals surface area contributed by atoms with Gasteiger partial charge in [0.25, 0.3) is 0 Å². The Kier molecular flexibility index (Phi) is 4.12. The third kappa shape index (κ3) is 4.26. The topological polar surface area (TPSA) is 87.7 Å². The summed E-state index contributed by atoms with van der Waals surface area (Å²) in [5.41, 5.74) is 7.21. The molecule has 0 aliphatic heterocycles. The first-order valence-electron chi connectivity index (χ1n) is 2.93. The van der Waals surface area contributed by atoms with E-state index in [-0.39, 0.29) is 10.8 Å². The van der Waals surface area contributed by atoms with Gasteiger partial charge in [0, 0.05) is 0 Å². The Hall–Kier alpha value is -1.17. The van der Waals surface area contributed by atoms with Crippen LogP contribution in [0.4, 0.5) is 0 Å². The number of carbonyl (C=O) groups is 1. The summed E-state index contributed by atoms with van der Waals surface area (Å²) in [4.78, 5) is 10.3. The van der Waals surface area contributed by atoms with E-state index in [0.29, 0.717) is 6.42 Å². The number of nitrogens with one attached hydrogen (secondary N) is 1. The smallest absolute Gasteiger partial charge is 0.352 e. The number of rotatable bonds is 3. The number of carboxylic acid groups (broad SMARTS) is 1. The maximum absolute atomic E-state index is 10.3. The molecule has 0 aromatic carbocycles. The van der Waals surface area contributed by atoms with Gasteiger partial charge in [-0.05, 0) is 18.6 Å². The number of thiocarbonyl (C=S) groups is 1. The number of hydrogen-bond acceptors (Lipinski definition) is 3. The summed E-state index contributed by atoms with van der Waals surface area (Å²) in [6, 6.07) is 0. The molecular weight excluding hydrogens is 166 g/mol. The predicted octanol–water partition coefficient (Wildman–Crippen LogP) is -0.330. The molecule has 0 atom stereocenters. The van der Waals surface area contributed by atoms with Crippen LogP contribution in [0.3, 0.4) is 0 Å². The lowest BCUT2D eigenvalue weighted by Crippen LogP contribution is -2.27. The highest BCUT2D eigenvalue weighted by Crippen LogP contribution is 1.83. The second kappa shape index (κ2) is 4.62. The molecule has 62 valence electrons. The first kappa shape index (κ1) is 9.83. The maximum Gasteiger partial charge on any atom is 0.352 e. The minimum absolute atomic E-state index is 0.00204. The molecule has 0 radical (unpaired) electrons. The van der Waals surface area contributed by atoms with Gasteiger partial charge in [0.2, 0.25) is 0 Å². The van der Waals surface area contributed by atoms with Crippen LogP contribution in [0, 0.1) is 0 Å². The SMILES string of the molecule is CCC(=NNC(N)=S)C(=O)O. The molecule has 0 bridgehead atoms. The highest BCUT2D eigenvalue weighted by molar-refractivity contribution is 7.80. The standard InChI is InChI=1S/C5H9N3O2S/c1-2-3(4(9)10)7-8-5(6)11/h2H2,1H3,(H,9,10)(H3,6,8,11). The molecule has 0 saturated heterocycles. The van der Waals surface area contributed by atoms with Crippen LogP contribution < -0.4 is 11.2 Å². The van der Waals surface area contributed by atoms with E-state index in [0.717, 1.165) is 0 Å². The van der Waals surface area contributed by atoms with E-state index < -0.39 is 5.97 Å². The number of aliphatic carboxylic acids is 1. The third-order valence-corrected chi connectivity index (χ3v) is 0.974. The molecule has 0 rings (SSSR count). The van der Waals surface area contributed by atoms with Crippen LogP contribution >= 0.6 is 12.2 Å². The summed E-state index contributed by atoms with van der Waals surface area (Å²) in [6.45, 7) is 1.67. The Bertz CT molecular complexity index is 202.